The molecule has 0 unspecified atom stereocenters. The van der Waals surface area contributed by atoms with E-state index in [9.17, 15) is 0 Å². The van der Waals surface area contributed by atoms with E-state index in [1.807, 2.05) is 0 Å². The molecule has 1 aliphatic carbocycles. The first-order valence-corrected chi connectivity index (χ1v) is 20.9. The van der Waals surface area contributed by atoms with E-state index < -0.39 is 0 Å². The van der Waals surface area contributed by atoms with E-state index in [2.05, 4.69) is 243 Å². The number of rotatable bonds is 7. The van der Waals surface area contributed by atoms with Gasteiger partial charge in [-0.25, -0.2) is 0 Å². The number of nitrogens with zero attached hydrogens (tertiary/aromatic N) is 1. The lowest BCUT2D eigenvalue weighted by atomic mass is 9.79. The number of fused-ring (bicyclic) bond motifs is 6. The molecular weight excluding hydrogens is 723 g/mol. The fraction of sp³-hybridized carbons (Fsp3) is 0.0508. The predicted molar refractivity (Wildman–Crippen MR) is 255 cm³/mol. The standard InChI is InChI=1S/C59H43N/c1-59(2)54-33-16-15-27-50(54)53-32-17-31-48(58(53)59)42-35-37-44(38-36-42)60(56-39-43-23-9-10-25-46(43)49-26-12-13-28-51(49)56)55-34-18-30-47(41-21-7-4-8-22-41)57(55)52-29-14-11-24-45(52)40-19-5-3-6-20-40/h3-39H,1-2H3. The van der Waals surface area contributed by atoms with Gasteiger partial charge in [0.15, 0.2) is 0 Å². The Morgan fingerprint density at radius 1 is 0.333 bits per heavy atom. The smallest absolute Gasteiger partial charge is 0.0546 e. The van der Waals surface area contributed by atoms with Gasteiger partial charge in [0.1, 0.15) is 0 Å². The van der Waals surface area contributed by atoms with E-state index in [1.165, 1.54) is 88.3 Å². The zero-order valence-corrected chi connectivity index (χ0v) is 33.8. The number of anilines is 3. The molecule has 11 rings (SSSR count). The van der Waals surface area contributed by atoms with Gasteiger partial charge < -0.3 is 4.90 Å². The van der Waals surface area contributed by atoms with Crippen LogP contribution in [0.2, 0.25) is 0 Å². The van der Waals surface area contributed by atoms with E-state index in [1.54, 1.807) is 0 Å². The molecule has 0 fully saturated rings. The van der Waals surface area contributed by atoms with Gasteiger partial charge in [-0.1, -0.05) is 214 Å². The Hall–Kier alpha value is -7.48. The summed E-state index contributed by atoms with van der Waals surface area (Å²) in [7, 11) is 0. The molecule has 0 radical (unpaired) electrons. The molecule has 0 heterocycles. The van der Waals surface area contributed by atoms with Crippen LogP contribution in [0.25, 0.3) is 77.2 Å². The SMILES string of the molecule is CC1(C)c2ccccc2-c2cccc(-c3ccc(N(c4cccc(-c5ccccc5)c4-c4ccccc4-c4ccccc4)c4cc5ccccc5c5ccccc45)cc3)c21. The van der Waals surface area contributed by atoms with Crippen LogP contribution in [0.5, 0.6) is 0 Å². The first kappa shape index (κ1) is 35.7. The van der Waals surface area contributed by atoms with Crippen molar-refractivity contribution in [2.45, 2.75) is 19.3 Å². The lowest BCUT2D eigenvalue weighted by Crippen LogP contribution is -2.16. The van der Waals surface area contributed by atoms with E-state index in [4.69, 9.17) is 0 Å². The third-order valence-electron chi connectivity index (χ3n) is 12.7. The van der Waals surface area contributed by atoms with Gasteiger partial charge >= 0.3 is 0 Å². The molecule has 10 aromatic rings. The zero-order valence-electron chi connectivity index (χ0n) is 33.8. The van der Waals surface area contributed by atoms with E-state index in [0.29, 0.717) is 0 Å². The molecule has 0 atom stereocenters. The second-order valence-electron chi connectivity index (χ2n) is 16.4. The van der Waals surface area contributed by atoms with Crippen molar-refractivity contribution in [1.29, 1.82) is 0 Å². The van der Waals surface area contributed by atoms with Gasteiger partial charge in [0.05, 0.1) is 11.4 Å². The lowest BCUT2D eigenvalue weighted by molar-refractivity contribution is 0.662. The highest BCUT2D eigenvalue weighted by molar-refractivity contribution is 6.15. The van der Waals surface area contributed by atoms with Crippen molar-refractivity contribution in [3.05, 3.63) is 236 Å². The van der Waals surface area contributed by atoms with Gasteiger partial charge in [0.25, 0.3) is 0 Å². The van der Waals surface area contributed by atoms with Crippen molar-refractivity contribution in [3.63, 3.8) is 0 Å². The monoisotopic (exact) mass is 765 g/mol. The first-order valence-electron chi connectivity index (χ1n) is 20.9. The highest BCUT2D eigenvalue weighted by atomic mass is 15.1. The summed E-state index contributed by atoms with van der Waals surface area (Å²) < 4.78 is 0. The fourth-order valence-electron chi connectivity index (χ4n) is 9.94. The van der Waals surface area contributed by atoms with Crippen molar-refractivity contribution >= 4 is 38.6 Å². The van der Waals surface area contributed by atoms with Crippen molar-refractivity contribution in [2.24, 2.45) is 0 Å². The Morgan fingerprint density at radius 2 is 0.850 bits per heavy atom. The highest BCUT2D eigenvalue weighted by Gasteiger charge is 2.37. The number of hydrogen-bond donors (Lipinski definition) is 0. The fourth-order valence-corrected chi connectivity index (χ4v) is 9.94. The minimum absolute atomic E-state index is 0.115. The van der Waals surface area contributed by atoms with Gasteiger partial charge in [0.2, 0.25) is 0 Å². The Bertz CT molecular complexity index is 3210. The average Bonchev–Trinajstić information content (AvgIpc) is 3.56. The van der Waals surface area contributed by atoms with Crippen molar-refractivity contribution < 1.29 is 0 Å². The Labute approximate surface area is 352 Å². The molecule has 60 heavy (non-hydrogen) atoms. The van der Waals surface area contributed by atoms with Gasteiger partial charge in [-0.05, 0) is 102 Å². The third kappa shape index (κ3) is 5.77. The number of hydrogen-bond acceptors (Lipinski definition) is 1. The molecule has 0 aliphatic heterocycles. The van der Waals surface area contributed by atoms with Crippen LogP contribution in [0.4, 0.5) is 17.1 Å². The molecule has 0 saturated carbocycles. The Kier molecular flexibility index (Phi) is 8.57. The lowest BCUT2D eigenvalue weighted by Gasteiger charge is -2.31. The molecule has 1 nitrogen and oxygen atoms in total. The van der Waals surface area contributed by atoms with Crippen LogP contribution in [0.3, 0.4) is 0 Å². The molecule has 0 saturated heterocycles. The minimum atomic E-state index is -0.115. The molecule has 10 aromatic carbocycles. The molecular formula is C59H43N. The first-order chi connectivity index (χ1) is 29.6. The molecule has 1 heteroatoms. The van der Waals surface area contributed by atoms with Crippen LogP contribution in [-0.4, -0.2) is 0 Å². The Balaban J connectivity index is 1.19. The molecule has 0 amide bonds. The summed E-state index contributed by atoms with van der Waals surface area (Å²) in [6.45, 7) is 4.74. The minimum Gasteiger partial charge on any atom is -0.309 e. The summed E-state index contributed by atoms with van der Waals surface area (Å²) >= 11 is 0. The summed E-state index contributed by atoms with van der Waals surface area (Å²) in [4.78, 5) is 2.51. The normalized spacial score (nSPS) is 12.6. The van der Waals surface area contributed by atoms with Crippen LogP contribution in [0.1, 0.15) is 25.0 Å². The number of benzene rings is 10. The van der Waals surface area contributed by atoms with Crippen molar-refractivity contribution in [1.82, 2.24) is 0 Å². The van der Waals surface area contributed by atoms with Crippen LogP contribution in [-0.2, 0) is 5.41 Å². The summed E-state index contributed by atoms with van der Waals surface area (Å²) in [5, 5.41) is 4.90. The molecule has 0 aromatic heterocycles. The van der Waals surface area contributed by atoms with Crippen LogP contribution < -0.4 is 4.90 Å². The van der Waals surface area contributed by atoms with E-state index >= 15 is 0 Å². The quantitative estimate of drug-likeness (QED) is 0.146. The molecule has 284 valence electrons. The van der Waals surface area contributed by atoms with Crippen LogP contribution >= 0.6 is 0 Å². The summed E-state index contributed by atoms with van der Waals surface area (Å²) in [5.74, 6) is 0. The van der Waals surface area contributed by atoms with Gasteiger partial charge in [-0.2, -0.15) is 0 Å². The third-order valence-corrected chi connectivity index (χ3v) is 12.7. The van der Waals surface area contributed by atoms with E-state index in [-0.39, 0.29) is 5.41 Å². The summed E-state index contributed by atoms with van der Waals surface area (Å²) in [5.41, 5.74) is 18.3. The maximum Gasteiger partial charge on any atom is 0.0546 e. The summed E-state index contributed by atoms with van der Waals surface area (Å²) in [6.07, 6.45) is 0. The zero-order chi connectivity index (χ0) is 40.2. The van der Waals surface area contributed by atoms with Crippen LogP contribution in [0.15, 0.2) is 224 Å². The summed E-state index contributed by atoms with van der Waals surface area (Å²) in [6, 6.07) is 82.5. The van der Waals surface area contributed by atoms with Gasteiger partial charge in [0, 0.05) is 22.1 Å². The second kappa shape index (κ2) is 14.4. The largest absolute Gasteiger partial charge is 0.309 e. The van der Waals surface area contributed by atoms with Gasteiger partial charge in [-0.3, -0.25) is 0 Å². The van der Waals surface area contributed by atoms with Crippen molar-refractivity contribution in [3.8, 4) is 55.6 Å². The molecule has 0 spiro atoms. The predicted octanol–water partition coefficient (Wildman–Crippen LogP) is 16.4. The second-order valence-corrected chi connectivity index (χ2v) is 16.4. The van der Waals surface area contributed by atoms with E-state index in [0.717, 1.165) is 17.1 Å². The van der Waals surface area contributed by atoms with Crippen molar-refractivity contribution in [2.75, 3.05) is 4.90 Å². The maximum absolute atomic E-state index is 2.51. The van der Waals surface area contributed by atoms with Crippen LogP contribution in [0, 0.1) is 0 Å². The maximum atomic E-state index is 2.51. The molecule has 0 N–H and O–H groups in total. The topological polar surface area (TPSA) is 3.24 Å². The highest BCUT2D eigenvalue weighted by Crippen LogP contribution is 2.53. The average molecular weight is 766 g/mol. The van der Waals surface area contributed by atoms with Gasteiger partial charge in [-0.15, -0.1) is 0 Å². The molecule has 1 aliphatic rings. The Morgan fingerprint density at radius 3 is 1.60 bits per heavy atom. The molecule has 0 bridgehead atoms.